The van der Waals surface area contributed by atoms with Crippen molar-refractivity contribution in [1.29, 1.82) is 0 Å². The fourth-order valence-corrected chi connectivity index (χ4v) is 4.45. The third kappa shape index (κ3) is 5.16. The molecule has 5 rings (SSSR count). The van der Waals surface area contributed by atoms with Crippen molar-refractivity contribution in [2.24, 2.45) is 4.99 Å². The molecule has 0 spiro atoms. The highest BCUT2D eigenvalue weighted by Gasteiger charge is 2.28. The number of carbonyl (C=O) groups excluding carboxylic acids is 1. The fourth-order valence-electron chi connectivity index (χ4n) is 4.45. The lowest BCUT2D eigenvalue weighted by atomic mass is 10.1. The first-order valence-corrected chi connectivity index (χ1v) is 12.1. The molecule has 2 aromatic carbocycles. The molecule has 0 saturated heterocycles. The molecule has 0 atom stereocenters. The first kappa shape index (κ1) is 24.4. The zero-order chi connectivity index (χ0) is 25.9. The number of amides is 1. The van der Waals surface area contributed by atoms with E-state index in [1.807, 2.05) is 54.8 Å². The van der Waals surface area contributed by atoms with Crippen molar-refractivity contribution in [3.8, 4) is 5.75 Å². The summed E-state index contributed by atoms with van der Waals surface area (Å²) in [6.45, 7) is 5.62. The molecule has 3 heterocycles. The van der Waals surface area contributed by atoms with Gasteiger partial charge in [0, 0.05) is 30.7 Å². The van der Waals surface area contributed by atoms with Gasteiger partial charge in [-0.05, 0) is 55.8 Å². The number of pyridine rings is 1. The van der Waals surface area contributed by atoms with Gasteiger partial charge in [0.1, 0.15) is 11.6 Å². The molecule has 7 nitrogen and oxygen atoms in total. The number of rotatable bonds is 8. The molecule has 1 aliphatic rings. The Balaban J connectivity index is 1.62. The predicted molar refractivity (Wildman–Crippen MR) is 138 cm³/mol. The number of nitrogens with zero attached hydrogens (tertiary/aromatic N) is 3. The lowest BCUT2D eigenvalue weighted by molar-refractivity contribution is 0.0952. The van der Waals surface area contributed by atoms with Crippen molar-refractivity contribution in [1.82, 2.24) is 20.2 Å². The van der Waals surface area contributed by atoms with E-state index in [-0.39, 0.29) is 18.6 Å². The minimum atomic E-state index is -0.957. The first-order chi connectivity index (χ1) is 17.9. The predicted octanol–water partition coefficient (Wildman–Crippen LogP) is 4.43. The zero-order valence-electron chi connectivity index (χ0n) is 20.6. The minimum absolute atomic E-state index is 0.0177. The average Bonchev–Trinajstić information content (AvgIpc) is 3.51. The second-order valence-electron chi connectivity index (χ2n) is 9.06. The Morgan fingerprint density at radius 1 is 1.14 bits per heavy atom. The van der Waals surface area contributed by atoms with Gasteiger partial charge < -0.3 is 19.9 Å². The maximum atomic E-state index is 13.7. The number of amidine groups is 1. The van der Waals surface area contributed by atoms with Crippen LogP contribution in [0.2, 0.25) is 0 Å². The minimum Gasteiger partial charge on any atom is -0.491 e. The van der Waals surface area contributed by atoms with E-state index in [1.165, 1.54) is 6.07 Å². The standard InChI is InChI=1S/C28H27F2N5O2/c1-17(2)37-20-7-8-21-24(14-20)35(16-19-5-3-4-10-31-19)26(27-32-11-12-33-27)25(21)28(36)34-15-18-6-9-22(29)23(30)13-18/h3-10,13-14,17H,11-12,15-16H2,1-2H3,(H,32,33)(H,34,36). The van der Waals surface area contributed by atoms with Gasteiger partial charge >= 0.3 is 0 Å². The summed E-state index contributed by atoms with van der Waals surface area (Å²) in [6, 6.07) is 14.9. The SMILES string of the molecule is CC(C)Oc1ccc2c(C(=O)NCc3ccc(F)c(F)c3)c(C3=NCCN3)n(Cc3ccccn3)c2c1. The maximum absolute atomic E-state index is 13.7. The molecule has 4 aromatic rings. The number of hydrogen-bond donors (Lipinski definition) is 2. The summed E-state index contributed by atoms with van der Waals surface area (Å²) in [7, 11) is 0. The second-order valence-corrected chi connectivity index (χ2v) is 9.06. The van der Waals surface area contributed by atoms with Crippen molar-refractivity contribution in [3.05, 3.63) is 94.9 Å². The number of aliphatic imine (C=N–C) groups is 1. The summed E-state index contributed by atoms with van der Waals surface area (Å²) in [4.78, 5) is 22.8. The summed E-state index contributed by atoms with van der Waals surface area (Å²) in [5.74, 6) is -0.931. The summed E-state index contributed by atoms with van der Waals surface area (Å²) < 4.78 is 35.0. The molecule has 0 fully saturated rings. The number of aromatic nitrogens is 2. The van der Waals surface area contributed by atoms with E-state index < -0.39 is 11.6 Å². The van der Waals surface area contributed by atoms with Crippen LogP contribution in [0, 0.1) is 11.6 Å². The van der Waals surface area contributed by atoms with Gasteiger partial charge in [-0.2, -0.15) is 0 Å². The number of fused-ring (bicyclic) bond motifs is 1. The normalized spacial score (nSPS) is 13.1. The Kier molecular flexibility index (Phi) is 6.85. The molecule has 37 heavy (non-hydrogen) atoms. The molecule has 9 heteroatoms. The van der Waals surface area contributed by atoms with Crippen molar-refractivity contribution in [2.75, 3.05) is 13.1 Å². The van der Waals surface area contributed by atoms with Crippen LogP contribution < -0.4 is 15.4 Å². The number of ether oxygens (including phenoxy) is 1. The van der Waals surface area contributed by atoms with Gasteiger partial charge in [-0.25, -0.2) is 8.78 Å². The van der Waals surface area contributed by atoms with Gasteiger partial charge in [0.15, 0.2) is 11.6 Å². The van der Waals surface area contributed by atoms with Gasteiger partial charge in [-0.3, -0.25) is 14.8 Å². The Morgan fingerprint density at radius 2 is 2.00 bits per heavy atom. The van der Waals surface area contributed by atoms with Crippen LogP contribution in [0.4, 0.5) is 8.78 Å². The van der Waals surface area contributed by atoms with E-state index >= 15 is 0 Å². The monoisotopic (exact) mass is 503 g/mol. The Hall–Kier alpha value is -4.27. The first-order valence-electron chi connectivity index (χ1n) is 12.1. The molecule has 0 radical (unpaired) electrons. The largest absolute Gasteiger partial charge is 0.491 e. The van der Waals surface area contributed by atoms with E-state index in [1.54, 1.807) is 6.20 Å². The number of nitrogens with one attached hydrogen (secondary N) is 2. The Morgan fingerprint density at radius 3 is 2.70 bits per heavy atom. The quantitative estimate of drug-likeness (QED) is 0.373. The van der Waals surface area contributed by atoms with Crippen LogP contribution in [0.3, 0.4) is 0 Å². The molecule has 2 aromatic heterocycles. The summed E-state index contributed by atoms with van der Waals surface area (Å²) in [6.07, 6.45) is 1.71. The zero-order valence-corrected chi connectivity index (χ0v) is 20.6. The topological polar surface area (TPSA) is 80.5 Å². The highest BCUT2D eigenvalue weighted by atomic mass is 19.2. The molecular weight excluding hydrogens is 476 g/mol. The lowest BCUT2D eigenvalue weighted by Gasteiger charge is -2.13. The summed E-state index contributed by atoms with van der Waals surface area (Å²) in [5, 5.41) is 6.89. The molecule has 0 unspecified atom stereocenters. The van der Waals surface area contributed by atoms with Crippen molar-refractivity contribution in [2.45, 2.75) is 33.0 Å². The van der Waals surface area contributed by atoms with Gasteiger partial charge in [-0.1, -0.05) is 12.1 Å². The number of hydrogen-bond acceptors (Lipinski definition) is 5. The summed E-state index contributed by atoms with van der Waals surface area (Å²) in [5.41, 5.74) is 3.16. The highest BCUT2D eigenvalue weighted by molar-refractivity contribution is 6.17. The molecule has 0 aliphatic carbocycles. The van der Waals surface area contributed by atoms with E-state index in [0.717, 1.165) is 28.7 Å². The third-order valence-corrected chi connectivity index (χ3v) is 6.02. The third-order valence-electron chi connectivity index (χ3n) is 6.02. The van der Waals surface area contributed by atoms with Crippen LogP contribution in [0.25, 0.3) is 10.9 Å². The maximum Gasteiger partial charge on any atom is 0.254 e. The van der Waals surface area contributed by atoms with E-state index in [9.17, 15) is 13.6 Å². The molecule has 190 valence electrons. The van der Waals surface area contributed by atoms with Crippen molar-refractivity contribution < 1.29 is 18.3 Å². The van der Waals surface area contributed by atoms with Crippen LogP contribution >= 0.6 is 0 Å². The molecule has 1 aliphatic heterocycles. The number of halogens is 2. The highest BCUT2D eigenvalue weighted by Crippen LogP contribution is 2.31. The van der Waals surface area contributed by atoms with Crippen molar-refractivity contribution in [3.63, 3.8) is 0 Å². The van der Waals surface area contributed by atoms with Crippen LogP contribution in [0.5, 0.6) is 5.75 Å². The van der Waals surface area contributed by atoms with E-state index in [4.69, 9.17) is 4.74 Å². The van der Waals surface area contributed by atoms with Crippen LogP contribution in [-0.2, 0) is 13.1 Å². The molecule has 0 bridgehead atoms. The molecular formula is C28H27F2N5O2. The average molecular weight is 504 g/mol. The Labute approximate surface area is 213 Å². The second kappa shape index (κ2) is 10.4. The van der Waals surface area contributed by atoms with E-state index in [2.05, 4.69) is 20.6 Å². The lowest BCUT2D eigenvalue weighted by Crippen LogP contribution is -2.29. The van der Waals surface area contributed by atoms with Crippen LogP contribution in [-0.4, -0.2) is 40.5 Å². The molecule has 0 saturated carbocycles. The van der Waals surface area contributed by atoms with E-state index in [0.29, 0.717) is 48.0 Å². The van der Waals surface area contributed by atoms with Gasteiger partial charge in [-0.15, -0.1) is 0 Å². The number of benzene rings is 2. The van der Waals surface area contributed by atoms with Gasteiger partial charge in [0.2, 0.25) is 0 Å². The summed E-state index contributed by atoms with van der Waals surface area (Å²) >= 11 is 0. The van der Waals surface area contributed by atoms with Gasteiger partial charge in [0.05, 0.1) is 41.7 Å². The fraction of sp³-hybridized carbons (Fsp3) is 0.250. The molecule has 2 N–H and O–H groups in total. The number of carbonyl (C=O) groups is 1. The van der Waals surface area contributed by atoms with Gasteiger partial charge in [0.25, 0.3) is 5.91 Å². The Bertz CT molecular complexity index is 1480. The van der Waals surface area contributed by atoms with Crippen LogP contribution in [0.1, 0.15) is 41.2 Å². The smallest absolute Gasteiger partial charge is 0.254 e. The van der Waals surface area contributed by atoms with Crippen molar-refractivity contribution >= 4 is 22.6 Å². The molecule has 1 amide bonds. The van der Waals surface area contributed by atoms with Crippen LogP contribution in [0.15, 0.2) is 65.8 Å².